The zero-order valence-corrected chi connectivity index (χ0v) is 26.8. The highest BCUT2D eigenvalue weighted by Crippen LogP contribution is 2.34. The van der Waals surface area contributed by atoms with Gasteiger partial charge in [0.2, 0.25) is 21.8 Å². The number of sulfonamides is 1. The fraction of sp³-hybridized carbons (Fsp3) is 0.333. The maximum atomic E-state index is 14.2. The number of hydrogen-bond donors (Lipinski definition) is 1. The van der Waals surface area contributed by atoms with E-state index in [1.807, 2.05) is 44.2 Å². The first kappa shape index (κ1) is 33.5. The van der Waals surface area contributed by atoms with E-state index in [1.165, 1.54) is 24.1 Å². The van der Waals surface area contributed by atoms with Gasteiger partial charge in [0, 0.05) is 35.6 Å². The summed E-state index contributed by atoms with van der Waals surface area (Å²) in [6, 6.07) is 18.8. The van der Waals surface area contributed by atoms with E-state index in [2.05, 4.69) is 21.2 Å². The largest absolute Gasteiger partial charge is 0.495 e. The molecule has 0 saturated carbocycles. The van der Waals surface area contributed by atoms with Gasteiger partial charge in [0.25, 0.3) is 5.69 Å². The Hall–Kier alpha value is -3.97. The van der Waals surface area contributed by atoms with Crippen LogP contribution in [0.4, 0.5) is 11.4 Å². The first-order valence-corrected chi connectivity index (χ1v) is 16.2. The second-order valence-corrected chi connectivity index (χ2v) is 12.9. The summed E-state index contributed by atoms with van der Waals surface area (Å²) in [5.41, 5.74) is 0.976. The van der Waals surface area contributed by atoms with Crippen LogP contribution >= 0.6 is 15.9 Å². The molecule has 3 aromatic carbocycles. The van der Waals surface area contributed by atoms with Crippen molar-refractivity contribution in [3.8, 4) is 5.75 Å². The van der Waals surface area contributed by atoms with Crippen molar-refractivity contribution in [2.75, 3.05) is 24.2 Å². The molecule has 2 unspecified atom stereocenters. The predicted octanol–water partition coefficient (Wildman–Crippen LogP) is 4.69. The van der Waals surface area contributed by atoms with E-state index in [0.29, 0.717) is 12.0 Å². The van der Waals surface area contributed by atoms with Gasteiger partial charge < -0.3 is 15.0 Å². The molecule has 11 nitrogen and oxygen atoms in total. The molecule has 0 saturated heterocycles. The lowest BCUT2D eigenvalue weighted by molar-refractivity contribution is -0.384. The molecule has 3 aromatic rings. The molecule has 1 N–H and O–H groups in total. The molecule has 2 amide bonds. The van der Waals surface area contributed by atoms with E-state index < -0.39 is 33.4 Å². The Bertz CT molecular complexity index is 1540. The molecule has 230 valence electrons. The molecule has 0 fully saturated rings. The van der Waals surface area contributed by atoms with Crippen LogP contribution in [0.15, 0.2) is 77.3 Å². The maximum Gasteiger partial charge on any atom is 0.271 e. The van der Waals surface area contributed by atoms with Gasteiger partial charge in [0.05, 0.1) is 18.3 Å². The third-order valence-corrected chi connectivity index (χ3v) is 8.51. The highest BCUT2D eigenvalue weighted by molar-refractivity contribution is 9.10. The standard InChI is InChI=1S/C30H35BrN4O7S/c1-5-21(2)32-30(37)27(17-22-9-7-6-8-10-22)33(19-23-11-13-24(31)14-12-23)29(36)20-34(43(4,40)41)26-18-25(35(38)39)15-16-28(26)42-3/h6-16,18,21,27H,5,17,19-20H2,1-4H3,(H,32,37). The second kappa shape index (κ2) is 15.0. The van der Waals surface area contributed by atoms with Crippen LogP contribution in [0.1, 0.15) is 31.4 Å². The number of nitro benzene ring substituents is 1. The number of rotatable bonds is 14. The smallest absolute Gasteiger partial charge is 0.271 e. The molecule has 3 rings (SSSR count). The first-order chi connectivity index (χ1) is 20.3. The molecule has 0 bridgehead atoms. The van der Waals surface area contributed by atoms with Crippen molar-refractivity contribution in [3.63, 3.8) is 0 Å². The van der Waals surface area contributed by atoms with Crippen LogP contribution in [0.5, 0.6) is 5.75 Å². The molecular weight excluding hydrogens is 640 g/mol. The molecule has 0 heterocycles. The number of benzene rings is 3. The van der Waals surface area contributed by atoms with E-state index in [9.17, 15) is 28.1 Å². The van der Waals surface area contributed by atoms with Gasteiger partial charge in [0.15, 0.2) is 0 Å². The van der Waals surface area contributed by atoms with Crippen molar-refractivity contribution in [2.24, 2.45) is 0 Å². The van der Waals surface area contributed by atoms with Crippen LogP contribution in [0.25, 0.3) is 0 Å². The van der Waals surface area contributed by atoms with Gasteiger partial charge in [-0.15, -0.1) is 0 Å². The van der Waals surface area contributed by atoms with Crippen LogP contribution in [-0.2, 0) is 32.6 Å². The SMILES string of the molecule is CCC(C)NC(=O)C(Cc1ccccc1)N(Cc1ccc(Br)cc1)C(=O)CN(c1cc([N+](=O)[O-])ccc1OC)S(C)(=O)=O. The summed E-state index contributed by atoms with van der Waals surface area (Å²) in [5, 5.41) is 14.5. The topological polar surface area (TPSA) is 139 Å². The number of nitrogens with zero attached hydrogens (tertiary/aromatic N) is 3. The predicted molar refractivity (Wildman–Crippen MR) is 168 cm³/mol. The Morgan fingerprint density at radius 2 is 1.70 bits per heavy atom. The summed E-state index contributed by atoms with van der Waals surface area (Å²) in [4.78, 5) is 40.1. The third kappa shape index (κ3) is 9.26. The van der Waals surface area contributed by atoms with Crippen molar-refractivity contribution in [3.05, 3.63) is 98.5 Å². The second-order valence-electron chi connectivity index (χ2n) is 10.1. The summed E-state index contributed by atoms with van der Waals surface area (Å²) in [6.45, 7) is 3.06. The van der Waals surface area contributed by atoms with Crippen LogP contribution in [0.3, 0.4) is 0 Å². The van der Waals surface area contributed by atoms with Gasteiger partial charge in [-0.05, 0) is 42.7 Å². The number of anilines is 1. The van der Waals surface area contributed by atoms with E-state index >= 15 is 0 Å². The Balaban J connectivity index is 2.13. The van der Waals surface area contributed by atoms with Crippen molar-refractivity contribution in [1.29, 1.82) is 0 Å². The van der Waals surface area contributed by atoms with Crippen LogP contribution in [-0.4, -0.2) is 62.0 Å². The summed E-state index contributed by atoms with van der Waals surface area (Å²) < 4.78 is 33.0. The van der Waals surface area contributed by atoms with E-state index in [0.717, 1.165) is 26.7 Å². The summed E-state index contributed by atoms with van der Waals surface area (Å²) in [6.07, 6.45) is 1.73. The molecule has 0 aliphatic carbocycles. The van der Waals surface area contributed by atoms with Gasteiger partial charge in [0.1, 0.15) is 24.0 Å². The van der Waals surface area contributed by atoms with E-state index in [1.54, 1.807) is 24.3 Å². The number of nitro groups is 1. The molecule has 2 atom stereocenters. The molecule has 0 radical (unpaired) electrons. The lowest BCUT2D eigenvalue weighted by Gasteiger charge is -2.34. The monoisotopic (exact) mass is 674 g/mol. The number of halogens is 1. The van der Waals surface area contributed by atoms with Crippen molar-refractivity contribution in [1.82, 2.24) is 10.2 Å². The number of amides is 2. The Morgan fingerprint density at radius 1 is 1.05 bits per heavy atom. The molecule has 43 heavy (non-hydrogen) atoms. The Morgan fingerprint density at radius 3 is 2.26 bits per heavy atom. The lowest BCUT2D eigenvalue weighted by atomic mass is 10.0. The molecule has 13 heteroatoms. The summed E-state index contributed by atoms with van der Waals surface area (Å²) in [5.74, 6) is -1.04. The minimum atomic E-state index is -4.15. The fourth-order valence-corrected chi connectivity index (χ4v) is 5.47. The number of carbonyl (C=O) groups is 2. The fourth-order valence-electron chi connectivity index (χ4n) is 4.36. The summed E-state index contributed by atoms with van der Waals surface area (Å²) in [7, 11) is -2.86. The van der Waals surface area contributed by atoms with Gasteiger partial charge in [-0.3, -0.25) is 24.0 Å². The Labute approximate surface area is 260 Å². The molecular formula is C30H35BrN4O7S. The average molecular weight is 676 g/mol. The summed E-state index contributed by atoms with van der Waals surface area (Å²) >= 11 is 3.40. The highest BCUT2D eigenvalue weighted by atomic mass is 79.9. The Kier molecular flexibility index (Phi) is 11.7. The van der Waals surface area contributed by atoms with Crippen molar-refractivity contribution >= 4 is 49.1 Å². The van der Waals surface area contributed by atoms with E-state index in [4.69, 9.17) is 4.74 Å². The number of carbonyl (C=O) groups excluding carboxylic acids is 2. The number of non-ortho nitro benzene ring substituents is 1. The van der Waals surface area contributed by atoms with Crippen molar-refractivity contribution < 1.29 is 27.7 Å². The molecule has 0 aliphatic rings. The zero-order chi connectivity index (χ0) is 31.7. The lowest BCUT2D eigenvalue weighted by Crippen LogP contribution is -2.54. The quantitative estimate of drug-likeness (QED) is 0.193. The minimum absolute atomic E-state index is 0.00120. The highest BCUT2D eigenvalue weighted by Gasteiger charge is 2.34. The van der Waals surface area contributed by atoms with Gasteiger partial charge in [-0.25, -0.2) is 8.42 Å². The zero-order valence-electron chi connectivity index (χ0n) is 24.4. The molecule has 0 aliphatic heterocycles. The van der Waals surface area contributed by atoms with Gasteiger partial charge in [-0.1, -0.05) is 65.3 Å². The number of nitrogens with one attached hydrogen (secondary N) is 1. The van der Waals surface area contributed by atoms with Gasteiger partial charge in [-0.2, -0.15) is 0 Å². The average Bonchev–Trinajstić information content (AvgIpc) is 2.97. The number of ether oxygens (including phenoxy) is 1. The number of methoxy groups -OCH3 is 1. The first-order valence-electron chi connectivity index (χ1n) is 13.5. The van der Waals surface area contributed by atoms with Crippen LogP contribution < -0.4 is 14.4 Å². The molecule has 0 aromatic heterocycles. The minimum Gasteiger partial charge on any atom is -0.495 e. The van der Waals surface area contributed by atoms with Crippen LogP contribution in [0, 0.1) is 10.1 Å². The normalized spacial score (nSPS) is 12.6. The maximum absolute atomic E-state index is 14.2. The number of hydrogen-bond acceptors (Lipinski definition) is 7. The third-order valence-electron chi connectivity index (χ3n) is 6.86. The van der Waals surface area contributed by atoms with Gasteiger partial charge >= 0.3 is 0 Å². The van der Waals surface area contributed by atoms with Crippen molar-refractivity contribution in [2.45, 2.75) is 45.3 Å². The molecule has 0 spiro atoms. The van der Waals surface area contributed by atoms with E-state index in [-0.39, 0.29) is 42.0 Å². The van der Waals surface area contributed by atoms with Crippen LogP contribution in [0.2, 0.25) is 0 Å².